The Morgan fingerprint density at radius 2 is 2.36 bits per heavy atom. The normalized spacial score (nSPS) is 37.0. The first-order chi connectivity index (χ1) is 5.35. The Balaban J connectivity index is 1.97. The fourth-order valence-electron chi connectivity index (χ4n) is 1.78. The maximum absolute atomic E-state index is 8.96. The third-order valence-electron chi connectivity index (χ3n) is 2.72. The Kier molecular flexibility index (Phi) is 1.61. The molecule has 1 heterocycles. The summed E-state index contributed by atoms with van der Waals surface area (Å²) < 4.78 is 5.26. The van der Waals surface area contributed by atoms with E-state index in [0.717, 1.165) is 25.4 Å². The van der Waals surface area contributed by atoms with E-state index in [4.69, 9.17) is 10.00 Å². The molecule has 0 radical (unpaired) electrons. The minimum Gasteiger partial charge on any atom is -0.380 e. The minimum absolute atomic E-state index is 0.0961. The molecule has 2 fully saturated rings. The second kappa shape index (κ2) is 2.49. The Morgan fingerprint density at radius 3 is 2.82 bits per heavy atom. The predicted octanol–water partition coefficient (Wildman–Crippen LogP) is 1.72. The summed E-state index contributed by atoms with van der Waals surface area (Å²) in [5.74, 6) is 0.844. The molecule has 0 aromatic carbocycles. The summed E-state index contributed by atoms with van der Waals surface area (Å²) in [6.07, 6.45) is 4.72. The van der Waals surface area contributed by atoms with Crippen molar-refractivity contribution in [2.75, 3.05) is 13.2 Å². The number of hydrogen-bond donors (Lipinski definition) is 0. The van der Waals surface area contributed by atoms with Crippen LogP contribution in [0.15, 0.2) is 0 Å². The molecule has 1 aliphatic heterocycles. The summed E-state index contributed by atoms with van der Waals surface area (Å²) in [5, 5.41) is 8.96. The van der Waals surface area contributed by atoms with Gasteiger partial charge in [0, 0.05) is 6.61 Å². The lowest BCUT2D eigenvalue weighted by Crippen LogP contribution is -2.18. The van der Waals surface area contributed by atoms with Crippen molar-refractivity contribution in [2.45, 2.75) is 25.7 Å². The lowest BCUT2D eigenvalue weighted by molar-refractivity contribution is 0.166. The van der Waals surface area contributed by atoms with Gasteiger partial charge in [-0.3, -0.25) is 0 Å². The van der Waals surface area contributed by atoms with Crippen LogP contribution in [0.3, 0.4) is 0 Å². The van der Waals surface area contributed by atoms with Crippen LogP contribution < -0.4 is 0 Å². The van der Waals surface area contributed by atoms with Crippen molar-refractivity contribution in [1.82, 2.24) is 0 Å². The Bertz CT molecular complexity index is 184. The molecule has 2 aliphatic rings. The van der Waals surface area contributed by atoms with Gasteiger partial charge in [0.15, 0.2) is 0 Å². The van der Waals surface area contributed by atoms with Gasteiger partial charge in [-0.05, 0) is 18.8 Å². The first-order valence-corrected chi connectivity index (χ1v) is 4.34. The first-order valence-electron chi connectivity index (χ1n) is 4.34. The highest BCUT2D eigenvalue weighted by atomic mass is 16.5. The zero-order valence-electron chi connectivity index (χ0n) is 6.68. The monoisotopic (exact) mass is 151 g/mol. The van der Waals surface area contributed by atoms with Gasteiger partial charge in [-0.1, -0.05) is 12.8 Å². The molecule has 2 nitrogen and oxygen atoms in total. The third-order valence-corrected chi connectivity index (χ3v) is 2.72. The SMILES string of the molecule is N#CC1(CC2CC2)CCOC1. The topological polar surface area (TPSA) is 33.0 Å². The second-order valence-corrected chi connectivity index (χ2v) is 3.84. The molecule has 1 saturated heterocycles. The van der Waals surface area contributed by atoms with Gasteiger partial charge < -0.3 is 4.74 Å². The van der Waals surface area contributed by atoms with Crippen LogP contribution in [0, 0.1) is 22.7 Å². The number of hydrogen-bond acceptors (Lipinski definition) is 2. The standard InChI is InChI=1S/C9H13NO/c10-6-9(3-4-11-7-9)5-8-1-2-8/h8H,1-5,7H2. The van der Waals surface area contributed by atoms with E-state index in [1.165, 1.54) is 12.8 Å². The molecule has 60 valence electrons. The molecule has 0 N–H and O–H groups in total. The van der Waals surface area contributed by atoms with E-state index in [2.05, 4.69) is 6.07 Å². The van der Waals surface area contributed by atoms with Crippen molar-refractivity contribution in [3.05, 3.63) is 0 Å². The van der Waals surface area contributed by atoms with Crippen LogP contribution in [-0.2, 0) is 4.74 Å². The van der Waals surface area contributed by atoms with Gasteiger partial charge in [0.1, 0.15) is 0 Å². The van der Waals surface area contributed by atoms with E-state index in [1.807, 2.05) is 0 Å². The van der Waals surface area contributed by atoms with Crippen LogP contribution in [0.25, 0.3) is 0 Å². The summed E-state index contributed by atoms with van der Waals surface area (Å²) in [5.41, 5.74) is -0.0961. The molecule has 2 heteroatoms. The van der Waals surface area contributed by atoms with Crippen molar-refractivity contribution >= 4 is 0 Å². The molecular weight excluding hydrogens is 138 g/mol. The smallest absolute Gasteiger partial charge is 0.0831 e. The molecule has 1 unspecified atom stereocenters. The molecule has 0 aromatic heterocycles. The Hall–Kier alpha value is -0.550. The molecular formula is C9H13NO. The fourth-order valence-corrected chi connectivity index (χ4v) is 1.78. The highest BCUT2D eigenvalue weighted by Crippen LogP contribution is 2.43. The molecule has 0 spiro atoms. The quantitative estimate of drug-likeness (QED) is 0.602. The molecule has 1 saturated carbocycles. The van der Waals surface area contributed by atoms with Crippen LogP contribution in [0.5, 0.6) is 0 Å². The summed E-state index contributed by atoms with van der Waals surface area (Å²) in [4.78, 5) is 0. The Labute approximate surface area is 67.2 Å². The maximum atomic E-state index is 8.96. The van der Waals surface area contributed by atoms with Gasteiger partial charge in [-0.2, -0.15) is 5.26 Å². The Morgan fingerprint density at radius 1 is 1.55 bits per heavy atom. The summed E-state index contributed by atoms with van der Waals surface area (Å²) in [6, 6.07) is 2.42. The van der Waals surface area contributed by atoms with E-state index in [-0.39, 0.29) is 5.41 Å². The molecule has 0 bridgehead atoms. The van der Waals surface area contributed by atoms with E-state index < -0.39 is 0 Å². The molecule has 1 atom stereocenters. The first kappa shape index (κ1) is 7.12. The highest BCUT2D eigenvalue weighted by Gasteiger charge is 2.40. The molecule has 2 rings (SSSR count). The zero-order chi connectivity index (χ0) is 7.73. The van der Waals surface area contributed by atoms with Crippen LogP contribution in [0.1, 0.15) is 25.7 Å². The van der Waals surface area contributed by atoms with E-state index in [1.54, 1.807) is 0 Å². The van der Waals surface area contributed by atoms with Crippen LogP contribution in [0.4, 0.5) is 0 Å². The average Bonchev–Trinajstić information content (AvgIpc) is 2.68. The van der Waals surface area contributed by atoms with Crippen LogP contribution >= 0.6 is 0 Å². The van der Waals surface area contributed by atoms with Gasteiger partial charge in [-0.15, -0.1) is 0 Å². The largest absolute Gasteiger partial charge is 0.380 e. The summed E-state index contributed by atoms with van der Waals surface area (Å²) in [7, 11) is 0. The van der Waals surface area contributed by atoms with Crippen molar-refractivity contribution in [1.29, 1.82) is 5.26 Å². The van der Waals surface area contributed by atoms with E-state index in [0.29, 0.717) is 6.61 Å². The average molecular weight is 151 g/mol. The summed E-state index contributed by atoms with van der Waals surface area (Å²) in [6.45, 7) is 1.47. The van der Waals surface area contributed by atoms with Crippen LogP contribution in [-0.4, -0.2) is 13.2 Å². The van der Waals surface area contributed by atoms with Gasteiger partial charge in [-0.25, -0.2) is 0 Å². The summed E-state index contributed by atoms with van der Waals surface area (Å²) >= 11 is 0. The third kappa shape index (κ3) is 1.39. The highest BCUT2D eigenvalue weighted by molar-refractivity contribution is 5.03. The lowest BCUT2D eigenvalue weighted by atomic mass is 9.83. The van der Waals surface area contributed by atoms with E-state index >= 15 is 0 Å². The van der Waals surface area contributed by atoms with E-state index in [9.17, 15) is 0 Å². The van der Waals surface area contributed by atoms with Gasteiger partial charge in [0.2, 0.25) is 0 Å². The van der Waals surface area contributed by atoms with Crippen molar-refractivity contribution in [3.8, 4) is 6.07 Å². The van der Waals surface area contributed by atoms with Crippen molar-refractivity contribution in [3.63, 3.8) is 0 Å². The fraction of sp³-hybridized carbons (Fsp3) is 0.889. The number of ether oxygens (including phenoxy) is 1. The molecule has 0 amide bonds. The van der Waals surface area contributed by atoms with Gasteiger partial charge >= 0.3 is 0 Å². The molecule has 1 aliphatic carbocycles. The number of rotatable bonds is 2. The molecule has 0 aromatic rings. The zero-order valence-corrected chi connectivity index (χ0v) is 6.68. The number of nitriles is 1. The van der Waals surface area contributed by atoms with Crippen molar-refractivity contribution in [2.24, 2.45) is 11.3 Å². The molecule has 11 heavy (non-hydrogen) atoms. The van der Waals surface area contributed by atoms with Gasteiger partial charge in [0.05, 0.1) is 18.1 Å². The lowest BCUT2D eigenvalue weighted by Gasteiger charge is -2.16. The number of nitrogens with zero attached hydrogens (tertiary/aromatic N) is 1. The predicted molar refractivity (Wildman–Crippen MR) is 40.8 cm³/mol. The minimum atomic E-state index is -0.0961. The second-order valence-electron chi connectivity index (χ2n) is 3.84. The maximum Gasteiger partial charge on any atom is 0.0831 e. The van der Waals surface area contributed by atoms with Crippen LogP contribution in [0.2, 0.25) is 0 Å². The van der Waals surface area contributed by atoms with Crippen molar-refractivity contribution < 1.29 is 4.74 Å². The van der Waals surface area contributed by atoms with Gasteiger partial charge in [0.25, 0.3) is 0 Å².